The van der Waals surface area contributed by atoms with Crippen molar-refractivity contribution in [3.63, 3.8) is 0 Å². The molecule has 0 heterocycles. The molecule has 0 aromatic carbocycles. The van der Waals surface area contributed by atoms with E-state index < -0.39 is 0 Å². The van der Waals surface area contributed by atoms with Gasteiger partial charge >= 0.3 is 61.8 Å². The molecule has 0 N–H and O–H groups in total. The van der Waals surface area contributed by atoms with E-state index in [0.717, 1.165) is 12.7 Å². The Kier molecular flexibility index (Phi) is 9.27. The van der Waals surface area contributed by atoms with Gasteiger partial charge in [0.15, 0.2) is 0 Å². The first-order valence-electron chi connectivity index (χ1n) is 1.90. The van der Waals surface area contributed by atoms with Gasteiger partial charge in [-0.1, -0.05) is 0 Å². The Bertz CT molecular complexity index is 29.4. The topological polar surface area (TPSA) is 0 Å². The molecule has 0 saturated carbocycles. The molecule has 0 radical (unpaired) electrons. The van der Waals surface area contributed by atoms with E-state index in [4.69, 9.17) is 0 Å². The first-order valence-corrected chi connectivity index (χ1v) is 9.49. The maximum atomic E-state index is 2.20. The van der Waals surface area contributed by atoms with E-state index in [1.807, 2.05) is 30.2 Å². The predicted octanol–water partition coefficient (Wildman–Crippen LogP) is 2.28. The molecular formula is C3H8S3Se. The van der Waals surface area contributed by atoms with Crippen molar-refractivity contribution in [1.82, 2.24) is 0 Å². The van der Waals surface area contributed by atoms with Crippen molar-refractivity contribution in [3.8, 4) is 0 Å². The summed E-state index contributed by atoms with van der Waals surface area (Å²) in [6.45, 7) is 2.20. The van der Waals surface area contributed by atoms with Gasteiger partial charge < -0.3 is 0 Å². The summed E-state index contributed by atoms with van der Waals surface area (Å²) < 4.78 is 0. The van der Waals surface area contributed by atoms with Crippen LogP contribution in [0, 0.1) is 0 Å². The summed E-state index contributed by atoms with van der Waals surface area (Å²) in [7, 11) is 5.88. The molecule has 0 spiro atoms. The van der Waals surface area contributed by atoms with Gasteiger partial charge in [0.1, 0.15) is 0 Å². The molecule has 0 saturated heterocycles. The van der Waals surface area contributed by atoms with Crippen LogP contribution < -0.4 is 0 Å². The molecule has 7 heavy (non-hydrogen) atoms. The normalized spacial score (nSPS) is 9.43. The zero-order valence-corrected chi connectivity index (χ0v) is 8.50. The summed E-state index contributed by atoms with van der Waals surface area (Å²) in [5.74, 6) is 1.27. The van der Waals surface area contributed by atoms with Gasteiger partial charge in [0, 0.05) is 0 Å². The fourth-order valence-electron chi connectivity index (χ4n) is 0.0955. The monoisotopic (exact) mass is 220 g/mol. The quantitative estimate of drug-likeness (QED) is 0.404. The van der Waals surface area contributed by atoms with E-state index >= 15 is 0 Å². The van der Waals surface area contributed by atoms with Gasteiger partial charge in [-0.3, -0.25) is 0 Å². The van der Waals surface area contributed by atoms with Gasteiger partial charge in [-0.05, 0) is 0 Å². The van der Waals surface area contributed by atoms with Crippen LogP contribution in [0.15, 0.2) is 0 Å². The second kappa shape index (κ2) is 7.57. The number of hydrogen-bond donors (Lipinski definition) is 0. The van der Waals surface area contributed by atoms with Crippen LogP contribution in [-0.2, 0) is 0 Å². The second-order valence-electron chi connectivity index (χ2n) is 0.709. The summed E-state index contributed by atoms with van der Waals surface area (Å²) >= 11 is 0.772. The van der Waals surface area contributed by atoms with E-state index in [-0.39, 0.29) is 0 Å². The van der Waals surface area contributed by atoms with Gasteiger partial charge in [-0.2, -0.15) is 0 Å². The summed E-state index contributed by atoms with van der Waals surface area (Å²) in [5, 5.41) is 0. The van der Waals surface area contributed by atoms with E-state index in [0.29, 0.717) is 0 Å². The van der Waals surface area contributed by atoms with Crippen LogP contribution in [0.2, 0.25) is 0 Å². The summed E-state index contributed by atoms with van der Waals surface area (Å²) in [4.78, 5) is 0. The zero-order valence-electron chi connectivity index (χ0n) is 4.34. The van der Waals surface area contributed by atoms with Crippen molar-refractivity contribution < 1.29 is 0 Å². The molecule has 44 valence electrons. The predicted molar refractivity (Wildman–Crippen MR) is 45.0 cm³/mol. The van der Waals surface area contributed by atoms with Gasteiger partial charge in [0.05, 0.1) is 0 Å². The Morgan fingerprint density at radius 1 is 1.57 bits per heavy atom. The fraction of sp³-hybridized carbons (Fsp3) is 1.00. The Morgan fingerprint density at radius 3 is 2.71 bits per heavy atom. The minimum atomic E-state index is 0.772. The molecule has 0 amide bonds. The summed E-state index contributed by atoms with van der Waals surface area (Å²) in [6, 6.07) is 0. The number of hydrogen-bond acceptors (Lipinski definition) is 3. The van der Waals surface area contributed by atoms with E-state index in [9.17, 15) is 0 Å². The van der Waals surface area contributed by atoms with Crippen molar-refractivity contribution in [3.05, 3.63) is 0 Å². The van der Waals surface area contributed by atoms with Crippen LogP contribution in [0.3, 0.4) is 0 Å². The SMILES string of the molecule is CCS[Se]SSC. The van der Waals surface area contributed by atoms with Gasteiger partial charge in [0.2, 0.25) is 0 Å². The molecule has 0 aliphatic rings. The minimum absolute atomic E-state index is 0.772. The molecule has 0 fully saturated rings. The van der Waals surface area contributed by atoms with Gasteiger partial charge in [-0.25, -0.2) is 0 Å². The third kappa shape index (κ3) is 7.57. The average Bonchev–Trinajstić information content (AvgIpc) is 1.69. The Balaban J connectivity index is 2.45. The third-order valence-corrected chi connectivity index (χ3v) is 11.2. The Hall–Kier alpha value is 1.57. The van der Waals surface area contributed by atoms with Crippen molar-refractivity contribution in [2.45, 2.75) is 6.92 Å². The molecule has 0 aromatic rings. The average molecular weight is 219 g/mol. The van der Waals surface area contributed by atoms with Crippen LogP contribution in [-0.4, -0.2) is 24.7 Å². The summed E-state index contributed by atoms with van der Waals surface area (Å²) in [5.41, 5.74) is 0. The Morgan fingerprint density at radius 2 is 2.29 bits per heavy atom. The maximum absolute atomic E-state index is 2.20. The van der Waals surface area contributed by atoms with Crippen molar-refractivity contribution in [2.24, 2.45) is 0 Å². The molecule has 0 unspecified atom stereocenters. The van der Waals surface area contributed by atoms with Crippen LogP contribution in [0.1, 0.15) is 6.92 Å². The summed E-state index contributed by atoms with van der Waals surface area (Å²) in [6.07, 6.45) is 2.13. The first-order chi connectivity index (χ1) is 3.41. The second-order valence-corrected chi connectivity index (χ2v) is 10.6. The standard InChI is InChI=1S/C3H8S3Se/c1-3-5-7-6-4-2/h3H2,1-2H3. The van der Waals surface area contributed by atoms with Crippen molar-refractivity contribution in [2.75, 3.05) is 12.0 Å². The molecular weight excluding hydrogens is 211 g/mol. The van der Waals surface area contributed by atoms with Crippen LogP contribution in [0.4, 0.5) is 0 Å². The van der Waals surface area contributed by atoms with Crippen LogP contribution in [0.25, 0.3) is 0 Å². The Labute approximate surface area is 61.7 Å². The van der Waals surface area contributed by atoms with E-state index in [1.165, 1.54) is 5.75 Å². The van der Waals surface area contributed by atoms with Crippen molar-refractivity contribution in [1.29, 1.82) is 0 Å². The molecule has 0 aliphatic heterocycles. The molecule has 0 aromatic heterocycles. The third-order valence-electron chi connectivity index (χ3n) is 0.262. The number of rotatable bonds is 4. The van der Waals surface area contributed by atoms with Crippen LogP contribution in [0.5, 0.6) is 0 Å². The molecule has 0 rings (SSSR count). The van der Waals surface area contributed by atoms with Crippen LogP contribution >= 0.6 is 30.2 Å². The van der Waals surface area contributed by atoms with E-state index in [1.54, 1.807) is 0 Å². The fourth-order valence-corrected chi connectivity index (χ4v) is 8.90. The zero-order chi connectivity index (χ0) is 5.54. The molecule has 0 bridgehead atoms. The molecule has 0 nitrogen and oxygen atoms in total. The van der Waals surface area contributed by atoms with Gasteiger partial charge in [0.25, 0.3) is 0 Å². The first kappa shape index (κ1) is 8.57. The van der Waals surface area contributed by atoms with Crippen molar-refractivity contribution >= 4 is 42.9 Å². The molecule has 0 aliphatic carbocycles. The molecule has 4 heteroatoms. The van der Waals surface area contributed by atoms with Gasteiger partial charge in [-0.15, -0.1) is 0 Å². The van der Waals surface area contributed by atoms with E-state index in [2.05, 4.69) is 13.2 Å². The molecule has 0 atom stereocenters.